The third kappa shape index (κ3) is 8.68. The molecule has 70 heavy (non-hydrogen) atoms. The van der Waals surface area contributed by atoms with Crippen molar-refractivity contribution in [3.8, 4) is 45.6 Å². The molecule has 9 rings (SSSR count). The van der Waals surface area contributed by atoms with Gasteiger partial charge in [-0.25, -0.2) is 29.9 Å². The first-order valence-corrected chi connectivity index (χ1v) is 23.6. The van der Waals surface area contributed by atoms with Crippen molar-refractivity contribution in [2.24, 2.45) is 0 Å². The third-order valence-corrected chi connectivity index (χ3v) is 13.0. The van der Waals surface area contributed by atoms with Crippen LogP contribution in [0.4, 0.5) is 0 Å². The van der Waals surface area contributed by atoms with E-state index in [0.717, 1.165) is 77.2 Å². The number of carbonyl (C=O) groups is 2. The highest BCUT2D eigenvalue weighted by molar-refractivity contribution is 6.10. The molecule has 3 aromatic heterocycles. The summed E-state index contributed by atoms with van der Waals surface area (Å²) in [5, 5.41) is 22.8. The van der Waals surface area contributed by atoms with E-state index >= 15 is 0 Å². The molecule has 0 unspecified atom stereocenters. The summed E-state index contributed by atoms with van der Waals surface area (Å²) >= 11 is 0. The number of carboxylic acid groups (broad SMARTS) is 2. The van der Waals surface area contributed by atoms with Crippen LogP contribution in [0.15, 0.2) is 124 Å². The lowest BCUT2D eigenvalue weighted by Gasteiger charge is -2.12. The predicted molar refractivity (Wildman–Crippen MR) is 281 cm³/mol. The Hall–Kier alpha value is -8.38. The molecule has 0 saturated heterocycles. The molecule has 0 atom stereocenters. The van der Waals surface area contributed by atoms with Crippen LogP contribution in [0.3, 0.4) is 0 Å². The number of aryl methyl sites for hydroxylation is 2. The molecule has 0 amide bonds. The van der Waals surface area contributed by atoms with Crippen molar-refractivity contribution >= 4 is 56.1 Å². The monoisotopic (exact) mass is 926 g/mol. The molecule has 4 aromatic carbocycles. The second kappa shape index (κ2) is 20.1. The molecule has 0 aliphatic carbocycles. The summed E-state index contributed by atoms with van der Waals surface area (Å²) in [5.41, 5.74) is 12.8. The van der Waals surface area contributed by atoms with Gasteiger partial charge < -0.3 is 20.2 Å². The van der Waals surface area contributed by atoms with E-state index in [4.69, 9.17) is 29.9 Å². The van der Waals surface area contributed by atoms with Gasteiger partial charge in [0.25, 0.3) is 0 Å². The summed E-state index contributed by atoms with van der Waals surface area (Å²) in [6, 6.07) is 16.5. The number of nitrogens with zero attached hydrogens (tertiary/aromatic N) is 6. The van der Waals surface area contributed by atoms with Crippen LogP contribution in [0.5, 0.6) is 0 Å². The van der Waals surface area contributed by atoms with E-state index in [9.17, 15) is 19.8 Å². The molecule has 0 spiro atoms. The zero-order valence-corrected chi connectivity index (χ0v) is 39.2. The Morgan fingerprint density at radius 3 is 0.900 bits per heavy atom. The molecule has 0 saturated carbocycles. The lowest BCUT2D eigenvalue weighted by molar-refractivity contribution is -0.138. The van der Waals surface area contributed by atoms with Crippen molar-refractivity contribution in [2.75, 3.05) is 0 Å². The van der Waals surface area contributed by atoms with Gasteiger partial charge in [0, 0.05) is 56.6 Å². The molecular formula is C58H54N8O4. The minimum Gasteiger partial charge on any atom is -0.481 e. The molecule has 2 aliphatic rings. The van der Waals surface area contributed by atoms with Crippen LogP contribution in [0.1, 0.15) is 70.2 Å². The van der Waals surface area contributed by atoms with Gasteiger partial charge in [-0.05, 0) is 109 Å². The number of allylic oxidation sites excluding steroid dienone is 6. The number of hydrogen-bond acceptors (Lipinski definition) is 8. The molecular weight excluding hydrogens is 873 g/mol. The van der Waals surface area contributed by atoms with Crippen LogP contribution in [0.25, 0.3) is 89.7 Å². The molecule has 350 valence electrons. The van der Waals surface area contributed by atoms with E-state index in [0.29, 0.717) is 121 Å². The van der Waals surface area contributed by atoms with Crippen molar-refractivity contribution in [1.29, 1.82) is 0 Å². The average molecular weight is 927 g/mol. The summed E-state index contributed by atoms with van der Waals surface area (Å²) < 4.78 is 0. The zero-order chi connectivity index (χ0) is 49.1. The van der Waals surface area contributed by atoms with Crippen LogP contribution in [-0.2, 0) is 61.0 Å². The first-order valence-electron chi connectivity index (χ1n) is 23.6. The number of aliphatic carboxylic acids is 2. The largest absolute Gasteiger partial charge is 0.481 e. The number of aromatic amines is 2. The lowest BCUT2D eigenvalue weighted by atomic mass is 9.91. The van der Waals surface area contributed by atoms with E-state index < -0.39 is 11.9 Å². The average Bonchev–Trinajstić information content (AvgIpc) is 4.09. The maximum atomic E-state index is 11.9. The lowest BCUT2D eigenvalue weighted by Crippen LogP contribution is -2.01. The van der Waals surface area contributed by atoms with Crippen LogP contribution in [0.2, 0.25) is 0 Å². The first kappa shape index (κ1) is 46.7. The van der Waals surface area contributed by atoms with Gasteiger partial charge in [0.2, 0.25) is 0 Å². The fourth-order valence-electron chi connectivity index (χ4n) is 10.1. The highest BCUT2D eigenvalue weighted by atomic mass is 16.4. The van der Waals surface area contributed by atoms with Gasteiger partial charge in [0.1, 0.15) is 22.6 Å². The van der Waals surface area contributed by atoms with Crippen molar-refractivity contribution in [3.05, 3.63) is 169 Å². The van der Waals surface area contributed by atoms with Gasteiger partial charge in [-0.2, -0.15) is 0 Å². The molecule has 0 fully saturated rings. The Balaban J connectivity index is 1.54. The highest BCUT2D eigenvalue weighted by Gasteiger charge is 2.29. The van der Waals surface area contributed by atoms with Crippen LogP contribution < -0.4 is 0 Å². The van der Waals surface area contributed by atoms with Gasteiger partial charge in [0.05, 0.1) is 0 Å². The molecule has 12 heteroatoms. The Morgan fingerprint density at radius 1 is 0.386 bits per heavy atom. The van der Waals surface area contributed by atoms with Crippen LogP contribution in [0, 0.1) is 0 Å². The number of hydrogen-bond donors (Lipinski definition) is 4. The number of aromatic nitrogens is 8. The molecule has 2 aliphatic heterocycles. The predicted octanol–water partition coefficient (Wildman–Crippen LogP) is 12.1. The number of nitrogens with one attached hydrogen (secondary N) is 2. The number of rotatable bonds is 20. The fraction of sp³-hybridized carbons (Fsp3) is 0.207. The maximum Gasteiger partial charge on any atom is 0.303 e. The summed E-state index contributed by atoms with van der Waals surface area (Å²) in [4.78, 5) is 63.6. The smallest absolute Gasteiger partial charge is 0.303 e. The zero-order valence-electron chi connectivity index (χ0n) is 39.2. The molecule has 12 nitrogen and oxygen atoms in total. The van der Waals surface area contributed by atoms with Crippen molar-refractivity contribution in [3.63, 3.8) is 0 Å². The second-order valence-corrected chi connectivity index (χ2v) is 17.6. The van der Waals surface area contributed by atoms with Gasteiger partial charge in [-0.1, -0.05) is 85.0 Å². The first-order chi connectivity index (χ1) is 34.1. The summed E-state index contributed by atoms with van der Waals surface area (Å²) in [5.74, 6) is -0.0818. The second-order valence-electron chi connectivity index (χ2n) is 17.6. The quantitative estimate of drug-likeness (QED) is 0.0537. The molecule has 5 heterocycles. The Morgan fingerprint density at radius 2 is 0.629 bits per heavy atom. The minimum absolute atomic E-state index is 0.0295. The topological polar surface area (TPSA) is 184 Å². The highest BCUT2D eigenvalue weighted by Crippen LogP contribution is 2.44. The van der Waals surface area contributed by atoms with Gasteiger partial charge in [-0.3, -0.25) is 9.59 Å². The fourth-order valence-corrected chi connectivity index (χ4v) is 10.1. The summed E-state index contributed by atoms with van der Waals surface area (Å²) in [6.45, 7) is 24.6. The van der Waals surface area contributed by atoms with Crippen LogP contribution >= 0.6 is 0 Å². The van der Waals surface area contributed by atoms with Gasteiger partial charge >= 0.3 is 11.9 Å². The Kier molecular flexibility index (Phi) is 13.4. The van der Waals surface area contributed by atoms with Crippen molar-refractivity contribution in [2.45, 2.75) is 77.0 Å². The van der Waals surface area contributed by atoms with E-state index in [1.54, 1.807) is 0 Å². The number of H-pyrrole nitrogens is 2. The van der Waals surface area contributed by atoms with E-state index in [2.05, 4.69) is 85.8 Å². The van der Waals surface area contributed by atoms with Gasteiger partial charge in [-0.15, -0.1) is 39.5 Å². The van der Waals surface area contributed by atoms with E-state index in [1.807, 2.05) is 48.6 Å². The maximum absolute atomic E-state index is 11.9. The third-order valence-electron chi connectivity index (χ3n) is 13.0. The normalized spacial score (nSPS) is 11.5. The van der Waals surface area contributed by atoms with E-state index in [1.165, 1.54) is 0 Å². The molecule has 4 N–H and O–H groups in total. The molecule has 7 aromatic rings. The molecule has 8 bridgehead atoms. The minimum atomic E-state index is -0.891. The van der Waals surface area contributed by atoms with Crippen molar-refractivity contribution in [1.82, 2.24) is 39.9 Å². The SMILES string of the molecule is C=CCc1ccc(CC=C)c2c1-c1nc-2nc2[nH]c(nc3nc(nc4[nH]c(n1)c1c(CC=C)ccc(CC=C)c41)-c1c(CCCC(=O)O)ccc(CCCC(=O)O)c1-3)c1c(CC=C)ccc(CC=C)c21. The van der Waals surface area contributed by atoms with Crippen LogP contribution in [-0.4, -0.2) is 62.0 Å². The van der Waals surface area contributed by atoms with E-state index in [-0.39, 0.29) is 12.8 Å². The van der Waals surface area contributed by atoms with Gasteiger partial charge in [0.15, 0.2) is 23.3 Å². The Labute approximate surface area is 405 Å². The molecule has 0 radical (unpaired) electrons. The number of fused-ring (bicyclic) bond motifs is 20. The summed E-state index contributed by atoms with van der Waals surface area (Å²) in [6.07, 6.45) is 16.0. The number of benzene rings is 4. The number of carboxylic acids is 2. The van der Waals surface area contributed by atoms with Crippen molar-refractivity contribution < 1.29 is 19.8 Å². The Bertz CT molecular complexity index is 3310. The summed E-state index contributed by atoms with van der Waals surface area (Å²) in [7, 11) is 0. The standard InChI is InChI=1S/C58H54N8O4/c1-7-15-33-25-26-34(16-8-2)44-43(33)51-59-52(44)61-54-46-36(18-10-4)28-30-38(20-12-6)48(46)56(63-54)65-58-50-40(22-14-24-42(69)70)32-31-39(21-13-23-41(67)68)49(50)57(66-58)64-55-47-37(19-11-5)29-27-35(17-9-3)45(47)53(60-51)62-55/h7-12,25-32H,1-6,13-24H2,(H,67,68)(H,69,70)(H2,59,60,61,62,63,64,65,66).